The van der Waals surface area contributed by atoms with Crippen molar-refractivity contribution in [3.8, 4) is 0 Å². The minimum Gasteiger partial charge on any atom is -0.375 e. The van der Waals surface area contributed by atoms with Crippen LogP contribution < -0.4 is 4.90 Å². The van der Waals surface area contributed by atoms with Crippen LogP contribution in [-0.4, -0.2) is 30.8 Å². The van der Waals surface area contributed by atoms with E-state index in [1.807, 2.05) is 12.3 Å². The average molecular weight is 241 g/mol. The molecule has 0 aromatic carbocycles. The van der Waals surface area contributed by atoms with Crippen LogP contribution in [0.3, 0.4) is 0 Å². The van der Waals surface area contributed by atoms with Crippen molar-refractivity contribution in [1.29, 1.82) is 0 Å². The Morgan fingerprint density at radius 3 is 3.25 bits per heavy atom. The molecule has 0 saturated carbocycles. The number of pyridine rings is 1. The van der Waals surface area contributed by atoms with Crippen molar-refractivity contribution >= 4 is 17.4 Å². The molecule has 3 nitrogen and oxygen atoms in total. The molecule has 1 unspecified atom stereocenters. The monoisotopic (exact) mass is 240 g/mol. The quantitative estimate of drug-likeness (QED) is 0.759. The van der Waals surface area contributed by atoms with E-state index >= 15 is 0 Å². The molecule has 0 amide bonds. The van der Waals surface area contributed by atoms with Crippen molar-refractivity contribution in [2.24, 2.45) is 0 Å². The van der Waals surface area contributed by atoms with Crippen LogP contribution in [0.2, 0.25) is 0 Å². The summed E-state index contributed by atoms with van der Waals surface area (Å²) in [5.41, 5.74) is 1.12. The van der Waals surface area contributed by atoms with Crippen LogP contribution in [0.15, 0.2) is 18.3 Å². The normalized spacial score (nSPS) is 21.1. The molecular formula is C12H17ClN2O. The average Bonchev–Trinajstić information content (AvgIpc) is 2.39. The summed E-state index contributed by atoms with van der Waals surface area (Å²) in [5.74, 6) is 1.55. The van der Waals surface area contributed by atoms with Crippen molar-refractivity contribution in [2.45, 2.75) is 25.3 Å². The number of halogens is 1. The second kappa shape index (κ2) is 5.51. The summed E-state index contributed by atoms with van der Waals surface area (Å²) in [5, 5.41) is 0. The fourth-order valence-corrected chi connectivity index (χ4v) is 2.06. The first kappa shape index (κ1) is 11.7. The number of alkyl halides is 1. The van der Waals surface area contributed by atoms with Gasteiger partial charge in [0.25, 0.3) is 0 Å². The van der Waals surface area contributed by atoms with Gasteiger partial charge in [0.15, 0.2) is 0 Å². The van der Waals surface area contributed by atoms with Crippen LogP contribution in [0.1, 0.15) is 18.9 Å². The van der Waals surface area contributed by atoms with E-state index in [0.29, 0.717) is 12.0 Å². The molecule has 1 aromatic rings. The van der Waals surface area contributed by atoms with Crippen molar-refractivity contribution in [3.05, 3.63) is 23.9 Å². The van der Waals surface area contributed by atoms with Gasteiger partial charge in [0.1, 0.15) is 5.82 Å². The number of ether oxygens (including phenoxy) is 1. The molecule has 2 heterocycles. The van der Waals surface area contributed by atoms with Gasteiger partial charge in [0, 0.05) is 25.2 Å². The molecule has 0 spiro atoms. The molecule has 1 fully saturated rings. The Balaban J connectivity index is 2.10. The number of rotatable bonds is 3. The van der Waals surface area contributed by atoms with E-state index in [4.69, 9.17) is 16.3 Å². The molecule has 1 aliphatic rings. The predicted octanol–water partition coefficient (Wildman–Crippen LogP) is 2.44. The Labute approximate surface area is 101 Å². The van der Waals surface area contributed by atoms with Crippen molar-refractivity contribution < 1.29 is 4.74 Å². The molecule has 0 radical (unpaired) electrons. The topological polar surface area (TPSA) is 25.4 Å². The van der Waals surface area contributed by atoms with E-state index in [9.17, 15) is 0 Å². The first-order chi connectivity index (χ1) is 7.83. The van der Waals surface area contributed by atoms with Crippen LogP contribution in [-0.2, 0) is 10.6 Å². The van der Waals surface area contributed by atoms with E-state index in [2.05, 4.69) is 22.9 Å². The Kier molecular flexibility index (Phi) is 4.02. The summed E-state index contributed by atoms with van der Waals surface area (Å²) >= 11 is 5.82. The van der Waals surface area contributed by atoms with Crippen LogP contribution >= 0.6 is 11.6 Å². The van der Waals surface area contributed by atoms with Gasteiger partial charge in [-0.1, -0.05) is 6.92 Å². The second-order valence-electron chi connectivity index (χ2n) is 4.00. The summed E-state index contributed by atoms with van der Waals surface area (Å²) in [7, 11) is 0. The predicted molar refractivity (Wildman–Crippen MR) is 66.0 cm³/mol. The number of hydrogen-bond acceptors (Lipinski definition) is 3. The first-order valence-electron chi connectivity index (χ1n) is 5.71. The molecule has 16 heavy (non-hydrogen) atoms. The second-order valence-corrected chi connectivity index (χ2v) is 4.27. The van der Waals surface area contributed by atoms with Gasteiger partial charge in [-0.2, -0.15) is 0 Å². The van der Waals surface area contributed by atoms with Crippen molar-refractivity contribution in [2.75, 3.05) is 24.6 Å². The van der Waals surface area contributed by atoms with Gasteiger partial charge in [-0.25, -0.2) is 4.98 Å². The number of nitrogens with zero attached hydrogens (tertiary/aromatic N) is 2. The highest BCUT2D eigenvalue weighted by Gasteiger charge is 2.19. The fraction of sp³-hybridized carbons (Fsp3) is 0.583. The third-order valence-corrected chi connectivity index (χ3v) is 3.19. The zero-order valence-electron chi connectivity index (χ0n) is 9.53. The molecule has 2 rings (SSSR count). The summed E-state index contributed by atoms with van der Waals surface area (Å²) in [4.78, 5) is 6.66. The van der Waals surface area contributed by atoms with Gasteiger partial charge in [-0.05, 0) is 24.1 Å². The lowest BCUT2D eigenvalue weighted by Crippen LogP contribution is -2.42. The number of hydrogen-bond donors (Lipinski definition) is 0. The van der Waals surface area contributed by atoms with E-state index < -0.39 is 0 Å². The summed E-state index contributed by atoms with van der Waals surface area (Å²) in [6.45, 7) is 4.77. The molecule has 1 saturated heterocycles. The molecular weight excluding hydrogens is 224 g/mol. The maximum atomic E-state index is 5.82. The number of anilines is 1. The minimum atomic E-state index is 0.329. The molecule has 0 N–H and O–H groups in total. The van der Waals surface area contributed by atoms with Crippen molar-refractivity contribution in [1.82, 2.24) is 4.98 Å². The largest absolute Gasteiger partial charge is 0.375 e. The lowest BCUT2D eigenvalue weighted by Gasteiger charge is -2.33. The molecule has 88 valence electrons. The highest BCUT2D eigenvalue weighted by molar-refractivity contribution is 6.17. The van der Waals surface area contributed by atoms with Crippen LogP contribution in [0.25, 0.3) is 0 Å². The summed E-state index contributed by atoms with van der Waals surface area (Å²) in [6.07, 6.45) is 3.20. The Morgan fingerprint density at radius 2 is 2.50 bits per heavy atom. The summed E-state index contributed by atoms with van der Waals surface area (Å²) < 4.78 is 5.64. The van der Waals surface area contributed by atoms with Crippen LogP contribution in [0.4, 0.5) is 5.82 Å². The van der Waals surface area contributed by atoms with Crippen molar-refractivity contribution in [3.63, 3.8) is 0 Å². The molecule has 1 aliphatic heterocycles. The van der Waals surface area contributed by atoms with Crippen LogP contribution in [0.5, 0.6) is 0 Å². The number of morpholine rings is 1. The van der Waals surface area contributed by atoms with Gasteiger partial charge in [-0.15, -0.1) is 11.6 Å². The van der Waals surface area contributed by atoms with Gasteiger partial charge in [0.2, 0.25) is 0 Å². The lowest BCUT2D eigenvalue weighted by molar-refractivity contribution is 0.0381. The third kappa shape index (κ3) is 2.66. The zero-order valence-corrected chi connectivity index (χ0v) is 10.3. The standard InChI is InChI=1S/C12H17ClN2O/c1-2-11-9-15(5-6-16-11)12-7-10(8-13)3-4-14-12/h3-4,7,11H,2,5-6,8-9H2,1H3. The highest BCUT2D eigenvalue weighted by Crippen LogP contribution is 2.18. The molecule has 1 aromatic heterocycles. The zero-order chi connectivity index (χ0) is 11.4. The van der Waals surface area contributed by atoms with E-state index in [1.54, 1.807) is 0 Å². The first-order valence-corrected chi connectivity index (χ1v) is 6.24. The Morgan fingerprint density at radius 1 is 1.62 bits per heavy atom. The fourth-order valence-electron chi connectivity index (χ4n) is 1.89. The Hall–Kier alpha value is -0.800. The maximum Gasteiger partial charge on any atom is 0.128 e. The highest BCUT2D eigenvalue weighted by atomic mass is 35.5. The third-order valence-electron chi connectivity index (χ3n) is 2.88. The van der Waals surface area contributed by atoms with E-state index in [1.165, 1.54) is 0 Å². The molecule has 1 atom stereocenters. The molecule has 4 heteroatoms. The van der Waals surface area contributed by atoms with Gasteiger partial charge < -0.3 is 9.64 Å². The maximum absolute atomic E-state index is 5.82. The minimum absolute atomic E-state index is 0.329. The van der Waals surface area contributed by atoms with Gasteiger partial charge >= 0.3 is 0 Å². The van der Waals surface area contributed by atoms with Gasteiger partial charge in [0.05, 0.1) is 12.7 Å². The number of aromatic nitrogens is 1. The molecule has 0 aliphatic carbocycles. The molecule has 0 bridgehead atoms. The van der Waals surface area contributed by atoms with Gasteiger partial charge in [-0.3, -0.25) is 0 Å². The van der Waals surface area contributed by atoms with E-state index in [0.717, 1.165) is 37.5 Å². The van der Waals surface area contributed by atoms with Crippen LogP contribution in [0, 0.1) is 0 Å². The van der Waals surface area contributed by atoms with E-state index in [-0.39, 0.29) is 0 Å². The lowest BCUT2D eigenvalue weighted by atomic mass is 10.2. The SMILES string of the molecule is CCC1CN(c2cc(CCl)ccn2)CCO1. The Bertz CT molecular complexity index is 346. The smallest absolute Gasteiger partial charge is 0.128 e. The summed E-state index contributed by atoms with van der Waals surface area (Å²) in [6, 6.07) is 4.01.